The predicted octanol–water partition coefficient (Wildman–Crippen LogP) is 7.26. The van der Waals surface area contributed by atoms with Crippen molar-refractivity contribution in [3.8, 4) is 0 Å². The third kappa shape index (κ3) is 3.45. The third-order valence-electron chi connectivity index (χ3n) is 1.80. The van der Waals surface area contributed by atoms with Crippen molar-refractivity contribution in [1.29, 1.82) is 0 Å². The molecule has 1 saturated heterocycles. The molecule has 0 aromatic carbocycles. The lowest BCUT2D eigenvalue weighted by Gasteiger charge is -2.59. The van der Waals surface area contributed by atoms with Crippen LogP contribution < -0.4 is 0 Å². The summed E-state index contributed by atoms with van der Waals surface area (Å²) in [5.74, 6) is 0. The number of hydrogen-bond acceptors (Lipinski definition) is 2. The van der Waals surface area contributed by atoms with Crippen LogP contribution in [0.2, 0.25) is 0 Å². The topological polar surface area (TPSA) is 9.23 Å². The fourth-order valence-electron chi connectivity index (χ4n) is 0.872. The van der Waals surface area contributed by atoms with Crippen molar-refractivity contribution in [2.75, 3.05) is 0 Å². The van der Waals surface area contributed by atoms with Crippen molar-refractivity contribution in [3.05, 3.63) is 0 Å². The van der Waals surface area contributed by atoms with Crippen LogP contribution in [-0.2, 0) is 4.74 Å². The molecular weight excluding hydrogens is 1250 g/mol. The number of thiol groups is 1. The monoisotopic (exact) mass is 1250 g/mol. The van der Waals surface area contributed by atoms with Gasteiger partial charge < -0.3 is 4.74 Å². The molecule has 1 heterocycles. The summed E-state index contributed by atoms with van der Waals surface area (Å²) >= 11 is 26.8. The van der Waals surface area contributed by atoms with E-state index in [1.54, 1.807) is 0 Å². The molecule has 0 aliphatic carbocycles. The maximum absolute atomic E-state index is 6.21. The van der Waals surface area contributed by atoms with Gasteiger partial charge in [-0.25, -0.2) is 0 Å². The minimum atomic E-state index is -0.503. The van der Waals surface area contributed by atoms with Crippen LogP contribution in [0.25, 0.3) is 0 Å². The lowest BCUT2D eigenvalue weighted by atomic mass is 10.2. The van der Waals surface area contributed by atoms with Crippen molar-refractivity contribution >= 4 is 216 Å². The molecule has 96 valence electrons. The molecule has 1 atom stereocenters. The van der Waals surface area contributed by atoms with Gasteiger partial charge in [0.15, 0.2) is 4.55 Å². The van der Waals surface area contributed by atoms with E-state index in [0.717, 1.165) is 0 Å². The molecule has 0 N–H and O–H groups in total. The number of ether oxygens (including phenoxy) is 1. The molecule has 0 aromatic rings. The number of halogens is 9. The molecule has 1 fully saturated rings. The van der Waals surface area contributed by atoms with Gasteiger partial charge in [-0.2, -0.15) is 0 Å². The Morgan fingerprint density at radius 1 is 0.625 bits per heavy atom. The van der Waals surface area contributed by atoms with E-state index in [4.69, 9.17) is 17.4 Å². The maximum atomic E-state index is 6.21. The summed E-state index contributed by atoms with van der Waals surface area (Å²) in [7, 11) is 0. The van der Waals surface area contributed by atoms with E-state index in [9.17, 15) is 0 Å². The second kappa shape index (κ2) is 6.65. The quantitative estimate of drug-likeness (QED) is 0.153. The minimum absolute atomic E-state index is 0.00132. The lowest BCUT2D eigenvalue weighted by Crippen LogP contribution is -2.68. The van der Waals surface area contributed by atoms with E-state index in [1.807, 2.05) is 0 Å². The van der Waals surface area contributed by atoms with Gasteiger partial charge >= 0.3 is 0 Å². The van der Waals surface area contributed by atoms with E-state index >= 15 is 0 Å². The highest BCUT2D eigenvalue weighted by molar-refractivity contribution is 14.2. The Bertz CT molecular complexity index is 283. The highest BCUT2D eigenvalue weighted by atomic mass is 127. The molecule has 0 aromatic heterocycles. The average molecular weight is 1250 g/mol. The van der Waals surface area contributed by atoms with Crippen LogP contribution >= 0.6 is 216 Å². The first-order valence-corrected chi connectivity index (χ1v) is 13.5. The SMILES string of the molecule is SC1(I)OC(I)(I)C(I)(I)C(I)(I)C1(I)I. The lowest BCUT2D eigenvalue weighted by molar-refractivity contribution is 0.0518. The van der Waals surface area contributed by atoms with E-state index in [-0.39, 0.29) is 5.90 Å². The van der Waals surface area contributed by atoms with Gasteiger partial charge in [0.1, 0.15) is 4.29 Å². The summed E-state index contributed by atoms with van der Waals surface area (Å²) in [5.41, 5.74) is 0. The van der Waals surface area contributed by atoms with Crippen LogP contribution in [0, 0.1) is 0 Å². The van der Waals surface area contributed by atoms with Gasteiger partial charge in [0.25, 0.3) is 0 Å². The molecule has 1 rings (SSSR count). The van der Waals surface area contributed by atoms with Crippen molar-refractivity contribution < 1.29 is 4.74 Å². The van der Waals surface area contributed by atoms with E-state index < -0.39 is 2.94 Å². The first-order chi connectivity index (χ1) is 6.71. The van der Waals surface area contributed by atoms with Crippen molar-refractivity contribution in [1.82, 2.24) is 0 Å². The highest BCUT2D eigenvalue weighted by Gasteiger charge is 2.76. The molecule has 11 heteroatoms. The van der Waals surface area contributed by atoms with Gasteiger partial charge in [-0.3, -0.25) is 0 Å². The van der Waals surface area contributed by atoms with E-state index in [1.165, 1.54) is 0 Å². The molecule has 1 nitrogen and oxygen atoms in total. The molecule has 0 radical (unpaired) electrons. The van der Waals surface area contributed by atoms with Gasteiger partial charge in [0.2, 0.25) is 0 Å². The Labute approximate surface area is 223 Å². The van der Waals surface area contributed by atoms with Crippen LogP contribution in [0.15, 0.2) is 0 Å². The second-order valence-corrected chi connectivity index (χ2v) is 26.9. The van der Waals surface area contributed by atoms with E-state index in [0.29, 0.717) is 0 Å². The Morgan fingerprint density at radius 3 is 1.38 bits per heavy atom. The van der Waals surface area contributed by atoms with Crippen LogP contribution in [0.4, 0.5) is 0 Å². The van der Waals surface area contributed by atoms with Crippen molar-refractivity contribution in [3.63, 3.8) is 0 Å². The Morgan fingerprint density at radius 2 is 1.00 bits per heavy atom. The largest absolute Gasteiger partial charge is 0.325 e. The van der Waals surface area contributed by atoms with Crippen molar-refractivity contribution in [2.45, 2.75) is 8.84 Å². The molecule has 0 spiro atoms. The standard InChI is InChI=1S/C5HI9OS/c6-1(7)2(8,9)4(12,13)15-5(14,16)3(1,10)11/h16H. The van der Waals surface area contributed by atoms with Crippen LogP contribution in [0.5, 0.6) is 0 Å². The Balaban J connectivity index is 3.43. The molecule has 16 heavy (non-hydrogen) atoms. The first-order valence-electron chi connectivity index (χ1n) is 3.33. The van der Waals surface area contributed by atoms with Crippen LogP contribution in [0.3, 0.4) is 0 Å². The molecule has 0 amide bonds. The first kappa shape index (κ1) is 20.9. The highest BCUT2D eigenvalue weighted by Crippen LogP contribution is 2.76. The fourth-order valence-corrected chi connectivity index (χ4v) is 13.7. The van der Waals surface area contributed by atoms with Crippen LogP contribution in [-0.4, -0.2) is 8.84 Å². The van der Waals surface area contributed by atoms with Crippen molar-refractivity contribution in [2.24, 2.45) is 0 Å². The van der Waals surface area contributed by atoms with Gasteiger partial charge in [-0.15, -0.1) is 12.6 Å². The fraction of sp³-hybridized carbons (Fsp3) is 1.00. The van der Waals surface area contributed by atoms with Gasteiger partial charge in [0, 0.05) is 0 Å². The summed E-state index contributed by atoms with van der Waals surface area (Å²) in [5, 5.41) is 0. The zero-order chi connectivity index (χ0) is 13.2. The zero-order valence-electron chi connectivity index (χ0n) is 6.76. The second-order valence-electron chi connectivity index (χ2n) is 2.90. The normalized spacial score (nSPS) is 39.4. The maximum Gasteiger partial charge on any atom is 0.197 e. The number of alkyl halides is 9. The Kier molecular flexibility index (Phi) is 8.69. The molecule has 1 unspecified atom stereocenters. The molecule has 1 aliphatic rings. The predicted molar refractivity (Wildman–Crippen MR) is 150 cm³/mol. The van der Waals surface area contributed by atoms with Gasteiger partial charge in [-0.05, 0) is 67.8 Å². The molecule has 0 bridgehead atoms. The molecular formula is C5HI9OS. The average Bonchev–Trinajstić information content (AvgIpc) is 1.98. The molecule has 0 saturated carbocycles. The smallest absolute Gasteiger partial charge is 0.197 e. The number of hydrogen-bond donors (Lipinski definition) is 1. The Hall–Kier alpha value is 6.88. The van der Waals surface area contributed by atoms with Gasteiger partial charge in [0.05, 0.1) is 0 Å². The summed E-state index contributed by atoms with van der Waals surface area (Å²) in [6.45, 7) is 0. The summed E-state index contributed by atoms with van der Waals surface area (Å²) in [6.07, 6.45) is 0. The third-order valence-corrected chi connectivity index (χ3v) is 30.1. The van der Waals surface area contributed by atoms with E-state index in [2.05, 4.69) is 203 Å². The summed E-state index contributed by atoms with van der Waals surface area (Å²) < 4.78 is 5.25. The van der Waals surface area contributed by atoms with Crippen LogP contribution in [0.1, 0.15) is 0 Å². The summed E-state index contributed by atoms with van der Waals surface area (Å²) in [6, 6.07) is 0. The number of rotatable bonds is 0. The summed E-state index contributed by atoms with van der Waals surface area (Å²) in [4.78, 5) is 0. The molecule has 1 aliphatic heterocycles. The van der Waals surface area contributed by atoms with Gasteiger partial charge in [-0.1, -0.05) is 136 Å². The zero-order valence-corrected chi connectivity index (χ0v) is 27.1. The minimum Gasteiger partial charge on any atom is -0.325 e.